The second-order valence-corrected chi connectivity index (χ2v) is 8.16. The van der Waals surface area contributed by atoms with Gasteiger partial charge in [0.1, 0.15) is 5.82 Å². The summed E-state index contributed by atoms with van der Waals surface area (Å²) in [5, 5.41) is 0. The summed E-state index contributed by atoms with van der Waals surface area (Å²) in [4.78, 5) is 13.1. The number of hydrogen-bond donors (Lipinski definition) is 0. The lowest BCUT2D eigenvalue weighted by Crippen LogP contribution is -2.61. The van der Waals surface area contributed by atoms with Crippen LogP contribution in [0.15, 0.2) is 23.1 Å². The van der Waals surface area contributed by atoms with Gasteiger partial charge >= 0.3 is 0 Å². The zero-order chi connectivity index (χ0) is 16.7. The first-order chi connectivity index (χ1) is 10.0. The van der Waals surface area contributed by atoms with Gasteiger partial charge in [0, 0.05) is 32.1 Å². The molecule has 0 unspecified atom stereocenters. The van der Waals surface area contributed by atoms with E-state index in [-0.39, 0.29) is 17.3 Å². The minimum absolute atomic E-state index is 0.0469. The first-order valence-corrected chi connectivity index (χ1v) is 8.53. The molecule has 5 nitrogen and oxygen atoms in total. The summed E-state index contributed by atoms with van der Waals surface area (Å²) in [5.74, 6) is -0.648. The summed E-state index contributed by atoms with van der Waals surface area (Å²) >= 11 is 0. The monoisotopic (exact) mass is 328 g/mol. The highest BCUT2D eigenvalue weighted by Crippen LogP contribution is 2.29. The molecule has 22 heavy (non-hydrogen) atoms. The van der Waals surface area contributed by atoms with E-state index in [4.69, 9.17) is 0 Å². The number of halogens is 1. The smallest absolute Gasteiger partial charge is 0.243 e. The van der Waals surface area contributed by atoms with Crippen LogP contribution in [-0.4, -0.2) is 48.7 Å². The van der Waals surface area contributed by atoms with Gasteiger partial charge in [0.2, 0.25) is 15.9 Å². The molecule has 0 aromatic heterocycles. The molecule has 1 fully saturated rings. The standard InChI is InChI=1S/C15H21FN2O3S/c1-11-7-13(16)9-14(8-11)22(20,21)18-6-5-17(12(2)19)10-15(18,3)4/h7-9H,5-6,10H2,1-4H3. The Morgan fingerprint density at radius 2 is 1.86 bits per heavy atom. The van der Waals surface area contributed by atoms with Gasteiger partial charge in [-0.2, -0.15) is 4.31 Å². The van der Waals surface area contributed by atoms with Gasteiger partial charge in [0.05, 0.1) is 4.90 Å². The van der Waals surface area contributed by atoms with Crippen molar-refractivity contribution in [1.82, 2.24) is 9.21 Å². The van der Waals surface area contributed by atoms with Crippen LogP contribution in [0, 0.1) is 12.7 Å². The molecule has 0 bridgehead atoms. The number of carbonyl (C=O) groups excluding carboxylic acids is 1. The van der Waals surface area contributed by atoms with Gasteiger partial charge in [-0.25, -0.2) is 12.8 Å². The van der Waals surface area contributed by atoms with E-state index in [1.54, 1.807) is 25.7 Å². The van der Waals surface area contributed by atoms with Crippen LogP contribution < -0.4 is 0 Å². The van der Waals surface area contributed by atoms with Crippen molar-refractivity contribution in [3.05, 3.63) is 29.6 Å². The molecule has 1 aromatic rings. The maximum atomic E-state index is 13.6. The van der Waals surface area contributed by atoms with Crippen molar-refractivity contribution in [2.75, 3.05) is 19.6 Å². The Balaban J connectivity index is 2.39. The molecule has 1 saturated heterocycles. The third-order valence-electron chi connectivity index (χ3n) is 3.87. The molecule has 1 aliphatic rings. The Morgan fingerprint density at radius 3 is 2.36 bits per heavy atom. The molecule has 1 aliphatic heterocycles. The average Bonchev–Trinajstić information content (AvgIpc) is 2.35. The van der Waals surface area contributed by atoms with Crippen molar-refractivity contribution in [2.24, 2.45) is 0 Å². The Hall–Kier alpha value is -1.47. The first kappa shape index (κ1) is 16.9. The van der Waals surface area contributed by atoms with Gasteiger partial charge in [-0.3, -0.25) is 4.79 Å². The molecule has 1 aromatic carbocycles. The summed E-state index contributed by atoms with van der Waals surface area (Å²) in [5.41, 5.74) is -0.193. The van der Waals surface area contributed by atoms with E-state index in [9.17, 15) is 17.6 Å². The predicted molar refractivity (Wildman–Crippen MR) is 81.4 cm³/mol. The quantitative estimate of drug-likeness (QED) is 0.831. The van der Waals surface area contributed by atoms with Crippen LogP contribution in [0.1, 0.15) is 26.3 Å². The number of sulfonamides is 1. The van der Waals surface area contributed by atoms with Gasteiger partial charge in [-0.1, -0.05) is 0 Å². The van der Waals surface area contributed by atoms with Crippen molar-refractivity contribution in [3.8, 4) is 0 Å². The lowest BCUT2D eigenvalue weighted by molar-refractivity contribution is -0.132. The molecule has 0 atom stereocenters. The predicted octanol–water partition coefficient (Wildman–Crippen LogP) is 1.77. The Morgan fingerprint density at radius 1 is 1.23 bits per heavy atom. The van der Waals surface area contributed by atoms with Crippen LogP contribution >= 0.6 is 0 Å². The molecular formula is C15H21FN2O3S. The maximum Gasteiger partial charge on any atom is 0.243 e. The zero-order valence-corrected chi connectivity index (χ0v) is 14.1. The number of aryl methyl sites for hydroxylation is 1. The normalized spacial score (nSPS) is 19.2. The Bertz CT molecular complexity index is 680. The fourth-order valence-corrected chi connectivity index (χ4v) is 4.71. The van der Waals surface area contributed by atoms with Crippen LogP contribution in [0.4, 0.5) is 4.39 Å². The number of nitrogens with zero attached hydrogens (tertiary/aromatic N) is 2. The van der Waals surface area contributed by atoms with Crippen LogP contribution in [0.25, 0.3) is 0 Å². The summed E-state index contributed by atoms with van der Waals surface area (Å²) in [6.07, 6.45) is 0. The number of piperazine rings is 1. The van der Waals surface area contributed by atoms with E-state index in [1.165, 1.54) is 23.4 Å². The second kappa shape index (κ2) is 5.62. The molecular weight excluding hydrogens is 307 g/mol. The molecule has 122 valence electrons. The summed E-state index contributed by atoms with van der Waals surface area (Å²) in [6.45, 7) is 7.52. The lowest BCUT2D eigenvalue weighted by atomic mass is 10.0. The first-order valence-electron chi connectivity index (χ1n) is 7.09. The number of carbonyl (C=O) groups is 1. The second-order valence-electron chi connectivity index (χ2n) is 6.29. The number of benzene rings is 1. The van der Waals surface area contributed by atoms with E-state index in [0.29, 0.717) is 18.7 Å². The number of rotatable bonds is 2. The van der Waals surface area contributed by atoms with Crippen LogP contribution in [0.5, 0.6) is 0 Å². The summed E-state index contributed by atoms with van der Waals surface area (Å²) in [6, 6.07) is 3.79. The van der Waals surface area contributed by atoms with E-state index in [0.717, 1.165) is 6.07 Å². The van der Waals surface area contributed by atoms with Gasteiger partial charge in [0.25, 0.3) is 0 Å². The largest absolute Gasteiger partial charge is 0.340 e. The lowest BCUT2D eigenvalue weighted by Gasteiger charge is -2.45. The topological polar surface area (TPSA) is 57.7 Å². The average molecular weight is 328 g/mol. The third kappa shape index (κ3) is 3.15. The SMILES string of the molecule is CC(=O)N1CCN(S(=O)(=O)c2cc(C)cc(F)c2)C(C)(C)C1. The highest BCUT2D eigenvalue weighted by atomic mass is 32.2. The van der Waals surface area contributed by atoms with E-state index in [2.05, 4.69) is 0 Å². The van der Waals surface area contributed by atoms with Gasteiger partial charge in [-0.15, -0.1) is 0 Å². The van der Waals surface area contributed by atoms with E-state index in [1.807, 2.05) is 0 Å². The van der Waals surface area contributed by atoms with Gasteiger partial charge in [-0.05, 0) is 44.5 Å². The summed E-state index contributed by atoms with van der Waals surface area (Å²) < 4.78 is 40.6. The summed E-state index contributed by atoms with van der Waals surface area (Å²) in [7, 11) is -3.81. The third-order valence-corrected chi connectivity index (χ3v) is 5.96. The fraction of sp³-hybridized carbons (Fsp3) is 0.533. The van der Waals surface area contributed by atoms with Crippen molar-refractivity contribution in [3.63, 3.8) is 0 Å². The van der Waals surface area contributed by atoms with Gasteiger partial charge < -0.3 is 4.90 Å². The molecule has 1 heterocycles. The minimum Gasteiger partial charge on any atom is -0.340 e. The van der Waals surface area contributed by atoms with Crippen molar-refractivity contribution in [1.29, 1.82) is 0 Å². The Kier molecular flexibility index (Phi) is 4.32. The molecule has 0 aliphatic carbocycles. The maximum absolute atomic E-state index is 13.6. The molecule has 0 spiro atoms. The number of amides is 1. The van der Waals surface area contributed by atoms with E-state index >= 15 is 0 Å². The molecule has 2 rings (SSSR count). The van der Waals surface area contributed by atoms with Crippen molar-refractivity contribution < 1.29 is 17.6 Å². The van der Waals surface area contributed by atoms with E-state index < -0.39 is 21.4 Å². The van der Waals surface area contributed by atoms with Crippen LogP contribution in [0.2, 0.25) is 0 Å². The van der Waals surface area contributed by atoms with Crippen LogP contribution in [-0.2, 0) is 14.8 Å². The molecule has 1 amide bonds. The highest BCUT2D eigenvalue weighted by molar-refractivity contribution is 7.89. The minimum atomic E-state index is -3.81. The molecule has 7 heteroatoms. The fourth-order valence-electron chi connectivity index (χ4n) is 2.83. The molecule has 0 radical (unpaired) electrons. The zero-order valence-electron chi connectivity index (χ0n) is 13.3. The molecule has 0 N–H and O–H groups in total. The number of hydrogen-bond acceptors (Lipinski definition) is 3. The van der Waals surface area contributed by atoms with Crippen molar-refractivity contribution in [2.45, 2.75) is 38.1 Å². The van der Waals surface area contributed by atoms with Crippen LogP contribution in [0.3, 0.4) is 0 Å². The van der Waals surface area contributed by atoms with Gasteiger partial charge in [0.15, 0.2) is 0 Å². The van der Waals surface area contributed by atoms with Crippen molar-refractivity contribution >= 4 is 15.9 Å². The highest BCUT2D eigenvalue weighted by Gasteiger charge is 2.42. The molecule has 0 saturated carbocycles. The Labute approximate surface area is 130 Å².